The van der Waals surface area contributed by atoms with E-state index in [0.717, 1.165) is 9.88 Å². The second-order valence-electron chi connectivity index (χ2n) is 2.32. The van der Waals surface area contributed by atoms with Gasteiger partial charge in [0.05, 0.1) is 10.3 Å². The molecule has 0 saturated heterocycles. The van der Waals surface area contributed by atoms with Crippen LogP contribution < -0.4 is 0 Å². The molecule has 0 radical (unpaired) electrons. The van der Waals surface area contributed by atoms with E-state index in [4.69, 9.17) is 0 Å². The summed E-state index contributed by atoms with van der Waals surface area (Å²) in [6, 6.07) is 6.38. The molecular weight excluding hydrogens is 252 g/mol. The first-order valence-electron chi connectivity index (χ1n) is 3.43. The van der Waals surface area contributed by atoms with Gasteiger partial charge < -0.3 is 0 Å². The Bertz CT molecular complexity index is 439. The molecule has 0 saturated carbocycles. The van der Waals surface area contributed by atoms with Crippen molar-refractivity contribution in [2.75, 3.05) is 0 Å². The molecule has 1 aromatic rings. The van der Waals surface area contributed by atoms with Gasteiger partial charge in [-0.25, -0.2) is 8.42 Å². The van der Waals surface area contributed by atoms with E-state index < -0.39 is 9.84 Å². The molecule has 13 heavy (non-hydrogen) atoms. The lowest BCUT2D eigenvalue weighted by Crippen LogP contribution is -1.94. The summed E-state index contributed by atoms with van der Waals surface area (Å²) in [4.78, 5) is 0.242. The van der Waals surface area contributed by atoms with Crippen LogP contribution in [0.5, 0.6) is 0 Å². The molecule has 0 aromatic heterocycles. The first-order chi connectivity index (χ1) is 6.06. The Morgan fingerprint density at radius 3 is 2.31 bits per heavy atom. The van der Waals surface area contributed by atoms with Crippen LogP contribution in [0.25, 0.3) is 0 Å². The molecule has 0 N–H and O–H groups in total. The normalized spacial score (nSPS) is 10.5. The van der Waals surface area contributed by atoms with Crippen molar-refractivity contribution in [2.24, 2.45) is 0 Å². The van der Waals surface area contributed by atoms with Crippen LogP contribution >= 0.6 is 15.9 Å². The zero-order valence-electron chi connectivity index (χ0n) is 6.70. The summed E-state index contributed by atoms with van der Waals surface area (Å²) < 4.78 is 23.6. The summed E-state index contributed by atoms with van der Waals surface area (Å²) in [6.07, 6.45) is 0. The highest BCUT2D eigenvalue weighted by atomic mass is 79.9. The van der Waals surface area contributed by atoms with Gasteiger partial charge in [0.2, 0.25) is 9.84 Å². The van der Waals surface area contributed by atoms with Gasteiger partial charge in [0.15, 0.2) is 0 Å². The van der Waals surface area contributed by atoms with Crippen molar-refractivity contribution in [3.8, 4) is 0 Å². The Morgan fingerprint density at radius 2 is 1.85 bits per heavy atom. The molecule has 1 rings (SSSR count). The Kier molecular flexibility index (Phi) is 3.09. The third kappa shape index (κ3) is 2.56. The van der Waals surface area contributed by atoms with Gasteiger partial charge in [0, 0.05) is 4.47 Å². The van der Waals surface area contributed by atoms with E-state index in [1.54, 1.807) is 12.1 Å². The van der Waals surface area contributed by atoms with Crippen LogP contribution in [-0.2, 0) is 9.84 Å². The van der Waals surface area contributed by atoms with E-state index in [-0.39, 0.29) is 4.90 Å². The van der Waals surface area contributed by atoms with E-state index in [1.807, 2.05) is 0 Å². The summed E-state index contributed by atoms with van der Waals surface area (Å²) >= 11 is 3.22. The molecule has 0 atom stereocenters. The van der Waals surface area contributed by atoms with E-state index in [9.17, 15) is 8.42 Å². The zero-order valence-corrected chi connectivity index (χ0v) is 9.10. The summed E-state index contributed by atoms with van der Waals surface area (Å²) in [5.41, 5.74) is 2.25. The number of benzene rings is 1. The highest BCUT2D eigenvalue weighted by molar-refractivity contribution is 9.10. The first-order valence-corrected chi connectivity index (χ1v) is 5.77. The van der Waals surface area contributed by atoms with Gasteiger partial charge in [-0.1, -0.05) is 22.5 Å². The van der Waals surface area contributed by atoms with Crippen LogP contribution in [0.2, 0.25) is 0 Å². The van der Waals surface area contributed by atoms with Gasteiger partial charge in [-0.15, -0.1) is 5.73 Å². The lowest BCUT2D eigenvalue weighted by molar-refractivity contribution is 0.604. The minimum Gasteiger partial charge on any atom is -0.218 e. The Labute approximate surface area is 85.6 Å². The summed E-state index contributed by atoms with van der Waals surface area (Å²) in [5.74, 6) is 0. The predicted molar refractivity (Wildman–Crippen MR) is 55.0 cm³/mol. The number of halogens is 1. The van der Waals surface area contributed by atoms with Crippen LogP contribution in [0.15, 0.2) is 51.4 Å². The maximum Gasteiger partial charge on any atom is 0.207 e. The highest BCUT2D eigenvalue weighted by Crippen LogP contribution is 2.15. The Morgan fingerprint density at radius 1 is 1.31 bits per heavy atom. The number of hydrogen-bond acceptors (Lipinski definition) is 2. The monoisotopic (exact) mass is 258 g/mol. The average molecular weight is 259 g/mol. The van der Waals surface area contributed by atoms with Crippen LogP contribution in [0.1, 0.15) is 0 Å². The zero-order chi connectivity index (χ0) is 9.90. The average Bonchev–Trinajstić information content (AvgIpc) is 2.05. The second kappa shape index (κ2) is 3.92. The van der Waals surface area contributed by atoms with Crippen LogP contribution in [-0.4, -0.2) is 8.42 Å². The second-order valence-corrected chi connectivity index (χ2v) is 5.03. The molecule has 1 aromatic carbocycles. The molecule has 0 fully saturated rings. The predicted octanol–water partition coefficient (Wildman–Crippen LogP) is 2.52. The van der Waals surface area contributed by atoms with E-state index in [1.165, 1.54) is 12.1 Å². The Hall–Kier alpha value is -0.830. The molecule has 0 aliphatic heterocycles. The van der Waals surface area contributed by atoms with Gasteiger partial charge in [-0.05, 0) is 24.3 Å². The highest BCUT2D eigenvalue weighted by Gasteiger charge is 2.08. The minimum absolute atomic E-state index is 0.242. The largest absolute Gasteiger partial charge is 0.218 e. The van der Waals surface area contributed by atoms with Gasteiger partial charge in [0.1, 0.15) is 0 Å². The SMILES string of the molecule is C=C=CS(=O)(=O)c1ccc(Br)cc1. The van der Waals surface area contributed by atoms with Crippen LogP contribution in [0.4, 0.5) is 0 Å². The van der Waals surface area contributed by atoms with E-state index in [0.29, 0.717) is 0 Å². The topological polar surface area (TPSA) is 34.1 Å². The van der Waals surface area contributed by atoms with Crippen LogP contribution in [0.3, 0.4) is 0 Å². The molecular formula is C9H7BrO2S. The van der Waals surface area contributed by atoms with E-state index >= 15 is 0 Å². The summed E-state index contributed by atoms with van der Waals surface area (Å²) in [7, 11) is -3.35. The molecule has 68 valence electrons. The lowest BCUT2D eigenvalue weighted by atomic mass is 10.4. The third-order valence-corrected chi connectivity index (χ3v) is 3.32. The van der Waals surface area contributed by atoms with Crippen molar-refractivity contribution in [3.63, 3.8) is 0 Å². The van der Waals surface area contributed by atoms with Gasteiger partial charge in [0.25, 0.3) is 0 Å². The van der Waals surface area contributed by atoms with Crippen molar-refractivity contribution in [1.29, 1.82) is 0 Å². The van der Waals surface area contributed by atoms with Crippen LogP contribution in [0, 0.1) is 0 Å². The standard InChI is InChI=1S/C9H7BrO2S/c1-2-7-13(11,12)9-5-3-8(10)4-6-9/h3-7H,1H2. The molecule has 0 aliphatic rings. The molecule has 0 bridgehead atoms. The molecule has 0 spiro atoms. The fraction of sp³-hybridized carbons (Fsp3) is 0. The smallest absolute Gasteiger partial charge is 0.207 e. The molecule has 0 unspecified atom stereocenters. The fourth-order valence-electron chi connectivity index (χ4n) is 0.802. The van der Waals surface area contributed by atoms with E-state index in [2.05, 4.69) is 28.2 Å². The first kappa shape index (κ1) is 10.3. The molecule has 4 heteroatoms. The minimum atomic E-state index is -3.35. The maximum atomic E-state index is 11.4. The van der Waals surface area contributed by atoms with Crippen molar-refractivity contribution >= 4 is 25.8 Å². The number of hydrogen-bond donors (Lipinski definition) is 0. The maximum absolute atomic E-state index is 11.4. The van der Waals surface area contributed by atoms with Gasteiger partial charge in [-0.3, -0.25) is 0 Å². The van der Waals surface area contributed by atoms with Crippen molar-refractivity contribution in [2.45, 2.75) is 4.90 Å². The Balaban J connectivity index is 3.24. The number of rotatable bonds is 2. The van der Waals surface area contributed by atoms with Crippen molar-refractivity contribution in [3.05, 3.63) is 46.5 Å². The van der Waals surface area contributed by atoms with Crippen molar-refractivity contribution < 1.29 is 8.42 Å². The molecule has 0 heterocycles. The molecule has 0 amide bonds. The molecule has 0 aliphatic carbocycles. The van der Waals surface area contributed by atoms with Crippen molar-refractivity contribution in [1.82, 2.24) is 0 Å². The summed E-state index contributed by atoms with van der Waals surface area (Å²) in [5, 5.41) is 0.955. The quantitative estimate of drug-likeness (QED) is 0.765. The summed E-state index contributed by atoms with van der Waals surface area (Å²) in [6.45, 7) is 3.22. The third-order valence-electron chi connectivity index (χ3n) is 1.38. The van der Waals surface area contributed by atoms with Gasteiger partial charge >= 0.3 is 0 Å². The molecule has 2 nitrogen and oxygen atoms in total. The van der Waals surface area contributed by atoms with Gasteiger partial charge in [-0.2, -0.15) is 0 Å². The fourth-order valence-corrected chi connectivity index (χ4v) is 1.94. The lowest BCUT2D eigenvalue weighted by Gasteiger charge is -1.96. The number of sulfone groups is 1.